The van der Waals surface area contributed by atoms with E-state index in [4.69, 9.17) is 0 Å². The first-order chi connectivity index (χ1) is 7.22. The molecule has 1 aliphatic rings. The highest BCUT2D eigenvalue weighted by molar-refractivity contribution is 4.92. The number of aliphatic hydroxyl groups is 1. The van der Waals surface area contributed by atoms with Crippen LogP contribution in [0.3, 0.4) is 0 Å². The molecule has 0 spiro atoms. The van der Waals surface area contributed by atoms with E-state index in [9.17, 15) is 5.11 Å². The van der Waals surface area contributed by atoms with Gasteiger partial charge in [0.25, 0.3) is 0 Å². The van der Waals surface area contributed by atoms with Crippen LogP contribution in [0.2, 0.25) is 0 Å². The van der Waals surface area contributed by atoms with Crippen LogP contribution in [0.15, 0.2) is 18.5 Å². The van der Waals surface area contributed by atoms with Crippen molar-refractivity contribution in [3.8, 4) is 0 Å². The van der Waals surface area contributed by atoms with E-state index in [0.717, 1.165) is 13.0 Å². The van der Waals surface area contributed by atoms with Gasteiger partial charge in [0.05, 0.1) is 6.61 Å². The summed E-state index contributed by atoms with van der Waals surface area (Å²) in [6, 6.07) is 2.55. The summed E-state index contributed by atoms with van der Waals surface area (Å²) in [4.78, 5) is 0. The third-order valence-electron chi connectivity index (χ3n) is 2.93. The second kappa shape index (κ2) is 4.33. The number of aliphatic hydroxyl groups excluding tert-OH is 1. The minimum atomic E-state index is -0.160. The molecule has 0 bridgehead atoms. The molecule has 2 rings (SSSR count). The van der Waals surface area contributed by atoms with E-state index in [0.29, 0.717) is 6.04 Å². The van der Waals surface area contributed by atoms with Crippen molar-refractivity contribution in [2.24, 2.45) is 0 Å². The fraction of sp³-hybridized carbons (Fsp3) is 0.727. The predicted molar refractivity (Wildman–Crippen MR) is 58.5 cm³/mol. The van der Waals surface area contributed by atoms with Crippen molar-refractivity contribution in [3.63, 3.8) is 0 Å². The molecular weight excluding hydrogens is 190 g/mol. The van der Waals surface area contributed by atoms with Crippen molar-refractivity contribution in [1.29, 1.82) is 0 Å². The standard InChI is InChI=1S/C11H19N3O/c1-11(9-15,13-10-3-4-10)5-8-14-7-2-6-12-14/h2,6-7,10,13,15H,3-5,8-9H2,1H3. The molecule has 15 heavy (non-hydrogen) atoms. The van der Waals surface area contributed by atoms with E-state index in [-0.39, 0.29) is 12.1 Å². The maximum Gasteiger partial charge on any atom is 0.0611 e. The Bertz CT molecular complexity index is 295. The molecule has 2 N–H and O–H groups in total. The molecule has 4 heteroatoms. The lowest BCUT2D eigenvalue weighted by Gasteiger charge is -2.29. The molecule has 4 nitrogen and oxygen atoms in total. The zero-order valence-electron chi connectivity index (χ0n) is 9.19. The zero-order valence-corrected chi connectivity index (χ0v) is 9.19. The Morgan fingerprint density at radius 3 is 2.93 bits per heavy atom. The Kier molecular flexibility index (Phi) is 3.07. The van der Waals surface area contributed by atoms with Crippen LogP contribution >= 0.6 is 0 Å². The lowest BCUT2D eigenvalue weighted by atomic mass is 9.99. The number of rotatable bonds is 6. The molecule has 1 aromatic rings. The van der Waals surface area contributed by atoms with Crippen molar-refractivity contribution >= 4 is 0 Å². The number of aryl methyl sites for hydroxylation is 1. The summed E-state index contributed by atoms with van der Waals surface area (Å²) < 4.78 is 1.91. The quantitative estimate of drug-likeness (QED) is 0.728. The molecule has 1 heterocycles. The Labute approximate surface area is 90.3 Å². The maximum absolute atomic E-state index is 9.40. The summed E-state index contributed by atoms with van der Waals surface area (Å²) in [5, 5.41) is 17.0. The largest absolute Gasteiger partial charge is 0.394 e. The van der Waals surface area contributed by atoms with Gasteiger partial charge in [-0.2, -0.15) is 5.10 Å². The van der Waals surface area contributed by atoms with Gasteiger partial charge in [-0.25, -0.2) is 0 Å². The summed E-state index contributed by atoms with van der Waals surface area (Å²) in [5.74, 6) is 0. The molecule has 1 fully saturated rings. The highest BCUT2D eigenvalue weighted by Gasteiger charge is 2.31. The Hall–Kier alpha value is -0.870. The summed E-state index contributed by atoms with van der Waals surface area (Å²) in [7, 11) is 0. The second-order valence-corrected chi connectivity index (χ2v) is 4.66. The fourth-order valence-electron chi connectivity index (χ4n) is 1.71. The molecule has 0 radical (unpaired) electrons. The van der Waals surface area contributed by atoms with E-state index in [2.05, 4.69) is 17.3 Å². The molecule has 84 valence electrons. The van der Waals surface area contributed by atoms with Gasteiger partial charge < -0.3 is 10.4 Å². The van der Waals surface area contributed by atoms with Crippen LogP contribution in [0.4, 0.5) is 0 Å². The van der Waals surface area contributed by atoms with Gasteiger partial charge in [-0.3, -0.25) is 4.68 Å². The third kappa shape index (κ3) is 3.04. The van der Waals surface area contributed by atoms with Crippen molar-refractivity contribution < 1.29 is 5.11 Å². The summed E-state index contributed by atoms with van der Waals surface area (Å²) in [6.45, 7) is 3.11. The Morgan fingerprint density at radius 2 is 2.40 bits per heavy atom. The maximum atomic E-state index is 9.40. The second-order valence-electron chi connectivity index (χ2n) is 4.66. The van der Waals surface area contributed by atoms with E-state index >= 15 is 0 Å². The minimum Gasteiger partial charge on any atom is -0.394 e. The molecular formula is C11H19N3O. The first kappa shape index (κ1) is 10.6. The number of nitrogens with one attached hydrogen (secondary N) is 1. The molecule has 0 aliphatic heterocycles. The van der Waals surface area contributed by atoms with Crippen LogP contribution in [0.5, 0.6) is 0 Å². The molecule has 0 saturated heterocycles. The summed E-state index contributed by atoms with van der Waals surface area (Å²) >= 11 is 0. The van der Waals surface area contributed by atoms with Crippen LogP contribution in [-0.2, 0) is 6.54 Å². The van der Waals surface area contributed by atoms with Crippen molar-refractivity contribution in [2.45, 2.75) is 44.3 Å². The van der Waals surface area contributed by atoms with Crippen LogP contribution in [0.25, 0.3) is 0 Å². The number of nitrogens with zero attached hydrogens (tertiary/aromatic N) is 2. The van der Waals surface area contributed by atoms with Crippen molar-refractivity contribution in [1.82, 2.24) is 15.1 Å². The third-order valence-corrected chi connectivity index (χ3v) is 2.93. The van der Waals surface area contributed by atoms with E-state index in [1.54, 1.807) is 6.20 Å². The fourth-order valence-corrected chi connectivity index (χ4v) is 1.71. The summed E-state index contributed by atoms with van der Waals surface area (Å²) in [6.07, 6.45) is 7.13. The van der Waals surface area contributed by atoms with Crippen LogP contribution in [-0.4, -0.2) is 33.1 Å². The number of hydrogen-bond acceptors (Lipinski definition) is 3. The lowest BCUT2D eigenvalue weighted by Crippen LogP contribution is -2.47. The molecule has 1 saturated carbocycles. The first-order valence-corrected chi connectivity index (χ1v) is 5.58. The van der Waals surface area contributed by atoms with Gasteiger partial charge in [-0.15, -0.1) is 0 Å². The van der Waals surface area contributed by atoms with Gasteiger partial charge >= 0.3 is 0 Å². The number of hydrogen-bond donors (Lipinski definition) is 2. The zero-order chi connectivity index (χ0) is 10.7. The van der Waals surface area contributed by atoms with E-state index in [1.165, 1.54) is 12.8 Å². The molecule has 0 aromatic carbocycles. The first-order valence-electron chi connectivity index (χ1n) is 5.58. The van der Waals surface area contributed by atoms with Crippen molar-refractivity contribution in [2.75, 3.05) is 6.61 Å². The Morgan fingerprint density at radius 1 is 1.60 bits per heavy atom. The topological polar surface area (TPSA) is 50.1 Å². The summed E-state index contributed by atoms with van der Waals surface area (Å²) in [5.41, 5.74) is -0.160. The molecule has 1 aromatic heterocycles. The van der Waals surface area contributed by atoms with Gasteiger partial charge in [0.1, 0.15) is 0 Å². The van der Waals surface area contributed by atoms with Gasteiger partial charge in [-0.1, -0.05) is 0 Å². The highest BCUT2D eigenvalue weighted by atomic mass is 16.3. The van der Waals surface area contributed by atoms with Crippen LogP contribution in [0.1, 0.15) is 26.2 Å². The predicted octanol–water partition coefficient (Wildman–Crippen LogP) is 0.776. The smallest absolute Gasteiger partial charge is 0.0611 e. The van der Waals surface area contributed by atoms with E-state index in [1.807, 2.05) is 16.9 Å². The van der Waals surface area contributed by atoms with Gasteiger partial charge in [0, 0.05) is 30.5 Å². The SMILES string of the molecule is CC(CO)(CCn1cccn1)NC1CC1. The van der Waals surface area contributed by atoms with Crippen LogP contribution in [0, 0.1) is 0 Å². The number of aromatic nitrogens is 2. The average Bonchev–Trinajstić information content (AvgIpc) is 2.88. The average molecular weight is 209 g/mol. The van der Waals surface area contributed by atoms with Gasteiger partial charge in [0.15, 0.2) is 0 Å². The highest BCUT2D eigenvalue weighted by Crippen LogP contribution is 2.24. The van der Waals surface area contributed by atoms with Gasteiger partial charge in [-0.05, 0) is 32.3 Å². The Balaban J connectivity index is 1.83. The van der Waals surface area contributed by atoms with E-state index < -0.39 is 0 Å². The van der Waals surface area contributed by atoms with Crippen molar-refractivity contribution in [3.05, 3.63) is 18.5 Å². The van der Waals surface area contributed by atoms with Gasteiger partial charge in [0.2, 0.25) is 0 Å². The molecule has 0 amide bonds. The minimum absolute atomic E-state index is 0.160. The monoisotopic (exact) mass is 209 g/mol. The normalized spacial score (nSPS) is 20.1. The molecule has 1 atom stereocenters. The molecule has 1 unspecified atom stereocenters. The lowest BCUT2D eigenvalue weighted by molar-refractivity contribution is 0.158. The molecule has 1 aliphatic carbocycles. The van der Waals surface area contributed by atoms with Crippen LogP contribution < -0.4 is 5.32 Å².